The smallest absolute Gasteiger partial charge is 0.411 e. The summed E-state index contributed by atoms with van der Waals surface area (Å²) in [5.74, 6) is 1.88. The van der Waals surface area contributed by atoms with Crippen LogP contribution >= 0.6 is 0 Å². The van der Waals surface area contributed by atoms with Crippen LogP contribution < -0.4 is 5.32 Å². The fourth-order valence-corrected chi connectivity index (χ4v) is 10.8. The molecule has 5 aliphatic rings. The molecule has 5 aromatic rings. The van der Waals surface area contributed by atoms with Crippen LogP contribution in [0.4, 0.5) is 9.59 Å². The van der Waals surface area contributed by atoms with Crippen molar-refractivity contribution in [1.29, 1.82) is 0 Å². The summed E-state index contributed by atoms with van der Waals surface area (Å²) >= 11 is 0. The Morgan fingerprint density at radius 1 is 0.869 bits per heavy atom. The van der Waals surface area contributed by atoms with Crippen LogP contribution in [-0.4, -0.2) is 92.4 Å². The number of imidazole rings is 2. The van der Waals surface area contributed by atoms with Crippen LogP contribution in [0.1, 0.15) is 101 Å². The maximum absolute atomic E-state index is 14.1. The van der Waals surface area contributed by atoms with Crippen LogP contribution in [0.25, 0.3) is 44.5 Å². The first kappa shape index (κ1) is 39.4. The molecule has 13 heteroatoms. The fourth-order valence-electron chi connectivity index (χ4n) is 10.8. The zero-order chi connectivity index (χ0) is 42.0. The number of nitrogens with zero attached hydrogens (tertiary/aromatic N) is 4. The zero-order valence-corrected chi connectivity index (χ0v) is 35.5. The van der Waals surface area contributed by atoms with E-state index < -0.39 is 17.7 Å². The molecule has 3 amide bonds. The number of piperidine rings is 1. The number of ether oxygens (including phenoxy) is 3. The molecule has 0 spiro atoms. The van der Waals surface area contributed by atoms with Crippen molar-refractivity contribution in [2.45, 2.75) is 108 Å². The lowest BCUT2D eigenvalue weighted by Crippen LogP contribution is -2.53. The van der Waals surface area contributed by atoms with Gasteiger partial charge >= 0.3 is 12.2 Å². The van der Waals surface area contributed by atoms with E-state index >= 15 is 0 Å². The topological polar surface area (TPSA) is 155 Å². The van der Waals surface area contributed by atoms with Gasteiger partial charge in [-0.1, -0.05) is 36.4 Å². The summed E-state index contributed by atoms with van der Waals surface area (Å²) in [5.41, 5.74) is 10.7. The standard InChI is InChI=1S/C48H55N7O6/c1-48(2,3)61-47(58)55-34-13-9-33(24-34)42(55)44-50-37-16-12-29(25-38(37)51-44)28-10-14-35-30(22-28)7-8-31-23-32(11-15-36(31)35)39-26-49-43(52-39)40-6-5-19-54(40)45(56)41(53-46(57)59-4)27-17-20-60-21-18-27/h10-12,14-16,22-23,25-27,33-34,40-42H,5-9,13,17-21,24H2,1-4H3,(H,49,52)(H,50,51)(H,53,57)/t33-,34+,40-,41-,42-/m0/s1. The molecule has 5 atom stereocenters. The van der Waals surface area contributed by atoms with Crippen LogP contribution in [0.2, 0.25) is 0 Å². The average molecular weight is 826 g/mol. The van der Waals surface area contributed by atoms with Crippen molar-refractivity contribution in [3.8, 4) is 33.5 Å². The van der Waals surface area contributed by atoms with Crippen molar-refractivity contribution >= 4 is 29.1 Å². The number of aromatic nitrogens is 4. The number of methoxy groups -OCH3 is 1. The normalized spacial score (nSPS) is 22.9. The van der Waals surface area contributed by atoms with Gasteiger partial charge in [-0.05, 0) is 148 Å². The molecule has 318 valence electrons. The number of hydrogen-bond donors (Lipinski definition) is 3. The number of nitrogens with one attached hydrogen (secondary N) is 3. The number of amides is 3. The van der Waals surface area contributed by atoms with Gasteiger partial charge in [0.1, 0.15) is 23.3 Å². The van der Waals surface area contributed by atoms with Gasteiger partial charge in [0.2, 0.25) is 5.91 Å². The monoisotopic (exact) mass is 825 g/mol. The minimum atomic E-state index is -0.670. The SMILES string of the molecule is COC(=O)N[C@H](C(=O)N1CCC[C@H]1c1ncc(-c2ccc3c(c2)CCc2cc(-c4ccc5nc([C@@H]6[C@H]7CC[C@H](C7)N6C(=O)OC(C)(C)C)[nH]c5c4)ccc2-3)[nH]1)C1CCOCC1. The lowest BCUT2D eigenvalue weighted by molar-refractivity contribution is -0.136. The number of H-pyrrole nitrogens is 2. The molecule has 61 heavy (non-hydrogen) atoms. The van der Waals surface area contributed by atoms with Crippen molar-refractivity contribution in [3.63, 3.8) is 0 Å². The molecule has 10 rings (SSSR count). The van der Waals surface area contributed by atoms with Crippen LogP contribution in [0.15, 0.2) is 60.8 Å². The van der Waals surface area contributed by atoms with Crippen molar-refractivity contribution in [2.75, 3.05) is 26.9 Å². The van der Waals surface area contributed by atoms with Crippen LogP contribution in [0.3, 0.4) is 0 Å². The Hall–Kier alpha value is -5.69. The summed E-state index contributed by atoms with van der Waals surface area (Å²) in [7, 11) is 1.32. The molecule has 1 saturated carbocycles. The zero-order valence-electron chi connectivity index (χ0n) is 35.5. The fraction of sp³-hybridized carbons (Fsp3) is 0.479. The summed E-state index contributed by atoms with van der Waals surface area (Å²) in [6.07, 6.45) is 9.07. The molecule has 0 unspecified atom stereocenters. The second kappa shape index (κ2) is 15.6. The van der Waals surface area contributed by atoms with Crippen molar-refractivity contribution in [3.05, 3.63) is 83.6 Å². The number of rotatable bonds is 7. The quantitative estimate of drug-likeness (QED) is 0.147. The largest absolute Gasteiger partial charge is 0.453 e. The van der Waals surface area contributed by atoms with E-state index in [-0.39, 0.29) is 36.0 Å². The highest BCUT2D eigenvalue weighted by atomic mass is 16.6. The van der Waals surface area contributed by atoms with Gasteiger partial charge in [-0.15, -0.1) is 0 Å². The van der Waals surface area contributed by atoms with E-state index in [0.29, 0.717) is 38.5 Å². The van der Waals surface area contributed by atoms with Gasteiger partial charge in [0.15, 0.2) is 0 Å². The van der Waals surface area contributed by atoms with Crippen molar-refractivity contribution < 1.29 is 28.6 Å². The first-order valence-corrected chi connectivity index (χ1v) is 22.1. The molecule has 2 aromatic heterocycles. The van der Waals surface area contributed by atoms with E-state index in [1.54, 1.807) is 0 Å². The van der Waals surface area contributed by atoms with E-state index in [2.05, 4.69) is 69.9 Å². The third kappa shape index (κ3) is 7.44. The molecule has 4 fully saturated rings. The molecule has 13 nitrogen and oxygen atoms in total. The molecule has 2 aliphatic carbocycles. The Balaban J connectivity index is 0.854. The van der Waals surface area contributed by atoms with Gasteiger partial charge in [0.25, 0.3) is 0 Å². The summed E-state index contributed by atoms with van der Waals surface area (Å²) in [5, 5.41) is 2.84. The number of carbonyl (C=O) groups excluding carboxylic acids is 3. The molecule has 5 heterocycles. The van der Waals surface area contributed by atoms with Gasteiger partial charge in [0, 0.05) is 25.8 Å². The lowest BCUT2D eigenvalue weighted by atomic mass is 9.83. The lowest BCUT2D eigenvalue weighted by Gasteiger charge is -2.35. The molecule has 0 radical (unpaired) electrons. The second-order valence-electron chi connectivity index (χ2n) is 18.6. The molecule has 3 aliphatic heterocycles. The van der Waals surface area contributed by atoms with Gasteiger partial charge < -0.3 is 34.4 Å². The number of likely N-dealkylation sites (tertiary alicyclic amines) is 2. The summed E-state index contributed by atoms with van der Waals surface area (Å²) in [6, 6.07) is 19.1. The number of hydrogen-bond acceptors (Lipinski definition) is 8. The molecular formula is C48H55N7O6. The Morgan fingerprint density at radius 3 is 2.34 bits per heavy atom. The van der Waals surface area contributed by atoms with Crippen LogP contribution in [0, 0.1) is 11.8 Å². The number of aromatic amines is 2. The third-order valence-electron chi connectivity index (χ3n) is 13.7. The first-order chi connectivity index (χ1) is 29.5. The van der Waals surface area contributed by atoms with Gasteiger partial charge in [-0.25, -0.2) is 19.6 Å². The number of alkyl carbamates (subject to hydrolysis) is 1. The molecule has 2 bridgehead atoms. The van der Waals surface area contributed by atoms with E-state index in [0.717, 1.165) is 90.0 Å². The minimum absolute atomic E-state index is 0.0149. The van der Waals surface area contributed by atoms with Gasteiger partial charge in [0.05, 0.1) is 42.1 Å². The minimum Gasteiger partial charge on any atom is -0.453 e. The number of carbonyl (C=O) groups is 3. The number of aryl methyl sites for hydroxylation is 2. The van der Waals surface area contributed by atoms with Gasteiger partial charge in [-0.2, -0.15) is 0 Å². The predicted molar refractivity (Wildman–Crippen MR) is 230 cm³/mol. The Bertz CT molecular complexity index is 2500. The average Bonchev–Trinajstić information content (AvgIpc) is 4.12. The van der Waals surface area contributed by atoms with E-state index in [1.807, 2.05) is 36.8 Å². The van der Waals surface area contributed by atoms with E-state index in [4.69, 9.17) is 24.2 Å². The highest BCUT2D eigenvalue weighted by Crippen LogP contribution is 2.50. The van der Waals surface area contributed by atoms with E-state index in [1.165, 1.54) is 29.4 Å². The van der Waals surface area contributed by atoms with Crippen LogP contribution in [-0.2, 0) is 31.8 Å². The molecule has 3 saturated heterocycles. The van der Waals surface area contributed by atoms with E-state index in [9.17, 15) is 14.4 Å². The van der Waals surface area contributed by atoms with Crippen molar-refractivity contribution in [1.82, 2.24) is 35.1 Å². The van der Waals surface area contributed by atoms with Crippen LogP contribution in [0.5, 0.6) is 0 Å². The maximum Gasteiger partial charge on any atom is 0.411 e. The predicted octanol–water partition coefficient (Wildman–Crippen LogP) is 8.66. The van der Waals surface area contributed by atoms with Crippen molar-refractivity contribution in [2.24, 2.45) is 11.8 Å². The first-order valence-electron chi connectivity index (χ1n) is 22.1. The molecule has 3 aromatic carbocycles. The molecule has 3 N–H and O–H groups in total. The summed E-state index contributed by atoms with van der Waals surface area (Å²) in [4.78, 5) is 60.6. The Kier molecular flexibility index (Phi) is 10.1. The summed E-state index contributed by atoms with van der Waals surface area (Å²) in [6.45, 7) is 7.50. The summed E-state index contributed by atoms with van der Waals surface area (Å²) < 4.78 is 16.3. The Morgan fingerprint density at radius 2 is 1.59 bits per heavy atom. The van der Waals surface area contributed by atoms with Gasteiger partial charge in [-0.3, -0.25) is 9.69 Å². The maximum atomic E-state index is 14.1. The molecular weight excluding hydrogens is 771 g/mol. The Labute approximate surface area is 355 Å². The highest BCUT2D eigenvalue weighted by Gasteiger charge is 2.51. The number of fused-ring (bicyclic) bond motifs is 6. The second-order valence-corrected chi connectivity index (χ2v) is 18.6. The highest BCUT2D eigenvalue weighted by molar-refractivity contribution is 5.87. The number of benzene rings is 3. The third-order valence-corrected chi connectivity index (χ3v) is 13.7.